The fraction of sp³-hybridized carbons (Fsp3) is 0.818. The minimum absolute atomic E-state index is 0.0242. The Balaban J connectivity index is 4.69. The quantitative estimate of drug-likeness (QED) is 0.766. The van der Waals surface area contributed by atoms with Crippen molar-refractivity contribution in [1.82, 2.24) is 4.90 Å². The topological polar surface area (TPSA) is 66.8 Å². The van der Waals surface area contributed by atoms with Gasteiger partial charge in [0, 0.05) is 19.2 Å². The van der Waals surface area contributed by atoms with Gasteiger partial charge in [-0.3, -0.25) is 9.59 Å². The molecule has 0 spiro atoms. The number of aliphatic carboxylic acids is 1. The molecule has 0 aliphatic carbocycles. The second-order valence-electron chi connectivity index (χ2n) is 4.85. The second kappa shape index (κ2) is 5.84. The van der Waals surface area contributed by atoms with Crippen molar-refractivity contribution in [3.8, 4) is 0 Å². The number of amides is 1. The molecule has 0 radical (unpaired) electrons. The molecule has 1 unspecified atom stereocenters. The number of carboxylic acid groups (broad SMARTS) is 1. The van der Waals surface area contributed by atoms with E-state index in [1.165, 1.54) is 12.0 Å². The van der Waals surface area contributed by atoms with Gasteiger partial charge in [-0.2, -0.15) is 0 Å². The molecule has 0 aromatic carbocycles. The number of hydrogen-bond donors (Lipinski definition) is 1. The van der Waals surface area contributed by atoms with Crippen LogP contribution in [0.4, 0.5) is 0 Å². The van der Waals surface area contributed by atoms with E-state index in [0.717, 1.165) is 0 Å². The van der Waals surface area contributed by atoms with E-state index in [4.69, 9.17) is 9.84 Å². The maximum atomic E-state index is 11.8. The Morgan fingerprint density at radius 1 is 1.38 bits per heavy atom. The first-order valence-electron chi connectivity index (χ1n) is 5.22. The van der Waals surface area contributed by atoms with Crippen molar-refractivity contribution in [3.63, 3.8) is 0 Å². The third kappa shape index (κ3) is 4.61. The first kappa shape index (κ1) is 14.9. The summed E-state index contributed by atoms with van der Waals surface area (Å²) in [5.41, 5.74) is -0.403. The zero-order valence-electron chi connectivity index (χ0n) is 10.6. The van der Waals surface area contributed by atoms with Crippen LogP contribution in [0.25, 0.3) is 0 Å². The maximum Gasteiger partial charge on any atom is 0.308 e. The minimum Gasteiger partial charge on any atom is -0.481 e. The van der Waals surface area contributed by atoms with Crippen molar-refractivity contribution in [2.75, 3.05) is 20.3 Å². The summed E-state index contributed by atoms with van der Waals surface area (Å²) in [6.45, 7) is 7.37. The molecule has 0 heterocycles. The van der Waals surface area contributed by atoms with Crippen molar-refractivity contribution in [2.45, 2.75) is 33.2 Å². The number of rotatable bonds is 5. The summed E-state index contributed by atoms with van der Waals surface area (Å²) >= 11 is 0. The van der Waals surface area contributed by atoms with Crippen LogP contribution in [-0.4, -0.2) is 47.7 Å². The van der Waals surface area contributed by atoms with Gasteiger partial charge in [-0.05, 0) is 20.8 Å². The molecule has 5 nitrogen and oxygen atoms in total. The molecule has 94 valence electrons. The Morgan fingerprint density at radius 2 is 1.88 bits per heavy atom. The van der Waals surface area contributed by atoms with Crippen LogP contribution < -0.4 is 0 Å². The fourth-order valence-corrected chi connectivity index (χ4v) is 1.30. The van der Waals surface area contributed by atoms with Crippen molar-refractivity contribution in [1.29, 1.82) is 0 Å². The summed E-state index contributed by atoms with van der Waals surface area (Å²) in [6.07, 6.45) is 0. The normalized spacial score (nSPS) is 13.3. The summed E-state index contributed by atoms with van der Waals surface area (Å²) in [5, 5.41) is 8.84. The standard InChI is InChI=1S/C11H21NO4/c1-8(10(14)15)6-12(11(2,3)4)9(13)7-16-5/h8H,6-7H2,1-5H3,(H,14,15). The van der Waals surface area contributed by atoms with Gasteiger partial charge in [0.25, 0.3) is 0 Å². The Hall–Kier alpha value is -1.10. The summed E-state index contributed by atoms with van der Waals surface area (Å²) < 4.78 is 4.78. The number of hydrogen-bond acceptors (Lipinski definition) is 3. The summed E-state index contributed by atoms with van der Waals surface area (Å²) in [4.78, 5) is 24.1. The second-order valence-corrected chi connectivity index (χ2v) is 4.85. The van der Waals surface area contributed by atoms with E-state index in [-0.39, 0.29) is 19.1 Å². The summed E-state index contributed by atoms with van der Waals surface area (Å²) in [7, 11) is 1.44. The Morgan fingerprint density at radius 3 is 2.19 bits per heavy atom. The lowest BCUT2D eigenvalue weighted by Gasteiger charge is -2.36. The Labute approximate surface area is 96.4 Å². The van der Waals surface area contributed by atoms with E-state index in [1.807, 2.05) is 20.8 Å². The molecule has 0 rings (SSSR count). The minimum atomic E-state index is -0.903. The van der Waals surface area contributed by atoms with Gasteiger partial charge >= 0.3 is 5.97 Å². The summed E-state index contributed by atoms with van der Waals surface area (Å²) in [5.74, 6) is -1.68. The van der Waals surface area contributed by atoms with Gasteiger partial charge in [-0.15, -0.1) is 0 Å². The number of carboxylic acids is 1. The molecular formula is C11H21NO4. The highest BCUT2D eigenvalue weighted by molar-refractivity contribution is 5.79. The molecule has 0 saturated heterocycles. The van der Waals surface area contributed by atoms with Crippen molar-refractivity contribution < 1.29 is 19.4 Å². The van der Waals surface area contributed by atoms with Crippen LogP contribution in [0, 0.1) is 5.92 Å². The third-order valence-corrected chi connectivity index (χ3v) is 2.26. The first-order chi connectivity index (χ1) is 7.20. The lowest BCUT2D eigenvalue weighted by atomic mass is 10.0. The molecule has 0 aromatic rings. The zero-order valence-corrected chi connectivity index (χ0v) is 10.6. The number of carbonyl (C=O) groups is 2. The van der Waals surface area contributed by atoms with Crippen LogP contribution in [0.5, 0.6) is 0 Å². The molecule has 0 fully saturated rings. The van der Waals surface area contributed by atoms with Crippen LogP contribution in [0.1, 0.15) is 27.7 Å². The largest absolute Gasteiger partial charge is 0.481 e. The van der Waals surface area contributed by atoms with Crippen molar-refractivity contribution >= 4 is 11.9 Å². The highest BCUT2D eigenvalue weighted by Crippen LogP contribution is 2.16. The maximum absolute atomic E-state index is 11.8. The van der Waals surface area contributed by atoms with Gasteiger partial charge in [-0.25, -0.2) is 0 Å². The van der Waals surface area contributed by atoms with Gasteiger partial charge in [-0.1, -0.05) is 6.92 Å². The molecule has 1 atom stereocenters. The molecule has 1 amide bonds. The molecule has 0 aliphatic heterocycles. The molecule has 16 heavy (non-hydrogen) atoms. The van der Waals surface area contributed by atoms with E-state index in [0.29, 0.717) is 0 Å². The van der Waals surface area contributed by atoms with E-state index >= 15 is 0 Å². The average Bonchev–Trinajstić information content (AvgIpc) is 2.11. The van der Waals surface area contributed by atoms with E-state index in [1.54, 1.807) is 6.92 Å². The predicted octanol–water partition coefficient (Wildman–Crippen LogP) is 0.981. The first-order valence-corrected chi connectivity index (χ1v) is 5.22. The summed E-state index contributed by atoms with van der Waals surface area (Å²) in [6, 6.07) is 0. The zero-order chi connectivity index (χ0) is 12.9. The van der Waals surface area contributed by atoms with Crippen molar-refractivity contribution in [3.05, 3.63) is 0 Å². The van der Waals surface area contributed by atoms with Gasteiger partial charge in [0.2, 0.25) is 5.91 Å². The van der Waals surface area contributed by atoms with Crippen LogP contribution in [-0.2, 0) is 14.3 Å². The molecule has 0 aromatic heterocycles. The molecule has 0 aliphatic rings. The van der Waals surface area contributed by atoms with E-state index < -0.39 is 17.4 Å². The number of nitrogens with zero attached hydrogens (tertiary/aromatic N) is 1. The average molecular weight is 231 g/mol. The molecular weight excluding hydrogens is 210 g/mol. The van der Waals surface area contributed by atoms with Gasteiger partial charge in [0.15, 0.2) is 0 Å². The third-order valence-electron chi connectivity index (χ3n) is 2.26. The van der Waals surface area contributed by atoms with Gasteiger partial charge in [0.05, 0.1) is 5.92 Å². The highest BCUT2D eigenvalue weighted by atomic mass is 16.5. The molecule has 1 N–H and O–H groups in total. The van der Waals surface area contributed by atoms with E-state index in [2.05, 4.69) is 0 Å². The monoisotopic (exact) mass is 231 g/mol. The smallest absolute Gasteiger partial charge is 0.308 e. The SMILES string of the molecule is COCC(=O)N(CC(C)C(=O)O)C(C)(C)C. The number of carbonyl (C=O) groups excluding carboxylic acids is 1. The Bertz CT molecular complexity index is 257. The van der Waals surface area contributed by atoms with Crippen LogP contribution >= 0.6 is 0 Å². The lowest BCUT2D eigenvalue weighted by molar-refractivity contribution is -0.146. The predicted molar refractivity (Wildman–Crippen MR) is 60.1 cm³/mol. The van der Waals surface area contributed by atoms with Crippen LogP contribution in [0.15, 0.2) is 0 Å². The Kier molecular flexibility index (Phi) is 5.44. The van der Waals surface area contributed by atoms with Gasteiger partial charge in [0.1, 0.15) is 6.61 Å². The lowest BCUT2D eigenvalue weighted by Crippen LogP contribution is -2.49. The number of ether oxygens (including phenoxy) is 1. The molecule has 0 bridgehead atoms. The fourth-order valence-electron chi connectivity index (χ4n) is 1.30. The van der Waals surface area contributed by atoms with Crippen molar-refractivity contribution in [2.24, 2.45) is 5.92 Å². The van der Waals surface area contributed by atoms with Crippen LogP contribution in [0.2, 0.25) is 0 Å². The highest BCUT2D eigenvalue weighted by Gasteiger charge is 2.29. The van der Waals surface area contributed by atoms with Gasteiger partial charge < -0.3 is 14.7 Å². The number of methoxy groups -OCH3 is 1. The van der Waals surface area contributed by atoms with E-state index in [9.17, 15) is 9.59 Å². The molecule has 5 heteroatoms. The molecule has 0 saturated carbocycles. The van der Waals surface area contributed by atoms with Crippen LogP contribution in [0.3, 0.4) is 0 Å².